The van der Waals surface area contributed by atoms with E-state index in [1.54, 1.807) is 6.92 Å². The highest BCUT2D eigenvalue weighted by Crippen LogP contribution is 2.38. The summed E-state index contributed by atoms with van der Waals surface area (Å²) in [5.74, 6) is -1.13. The van der Waals surface area contributed by atoms with Gasteiger partial charge < -0.3 is 18.6 Å². The van der Waals surface area contributed by atoms with Crippen LogP contribution >= 0.6 is 0 Å². The van der Waals surface area contributed by atoms with Crippen molar-refractivity contribution < 1.29 is 28.2 Å². The largest absolute Gasteiger partial charge is 0.469 e. The summed E-state index contributed by atoms with van der Waals surface area (Å²) in [4.78, 5) is 24.2. The number of rotatable bonds is 17. The van der Waals surface area contributed by atoms with Crippen LogP contribution in [-0.2, 0) is 28.2 Å². The van der Waals surface area contributed by atoms with E-state index in [1.165, 1.54) is 7.11 Å². The smallest absolute Gasteiger partial charge is 0.305 e. The Hall–Kier alpha value is -1.80. The first kappa shape index (κ1) is 36.2. The average molecular weight is 577 g/mol. The number of hydrogen-bond acceptors (Lipinski definition) is 6. The van der Waals surface area contributed by atoms with Crippen molar-refractivity contribution in [3.05, 3.63) is 48.6 Å². The van der Waals surface area contributed by atoms with Crippen LogP contribution in [-0.4, -0.2) is 51.8 Å². The third-order valence-electron chi connectivity index (χ3n) is 7.76. The second kappa shape index (κ2) is 17.2. The number of ether oxygens (including phenoxy) is 3. The van der Waals surface area contributed by atoms with Gasteiger partial charge in [0.2, 0.25) is 0 Å². The third kappa shape index (κ3) is 13.2. The topological polar surface area (TPSA) is 71.1 Å². The maximum Gasteiger partial charge on any atom is 0.305 e. The molecule has 1 rings (SSSR count). The van der Waals surface area contributed by atoms with Crippen molar-refractivity contribution in [2.45, 2.75) is 123 Å². The summed E-state index contributed by atoms with van der Waals surface area (Å²) in [6.07, 6.45) is 20.7. The number of ketones is 1. The summed E-state index contributed by atoms with van der Waals surface area (Å²) >= 11 is 0. The fraction of sp³-hybridized carbons (Fsp3) is 0.697. The predicted octanol–water partition coefficient (Wildman–Crippen LogP) is 8.11. The van der Waals surface area contributed by atoms with Gasteiger partial charge >= 0.3 is 5.97 Å². The number of methoxy groups -OCH3 is 1. The molecule has 4 atom stereocenters. The Morgan fingerprint density at radius 2 is 1.68 bits per heavy atom. The summed E-state index contributed by atoms with van der Waals surface area (Å²) < 4.78 is 23.7. The molecule has 0 bridgehead atoms. The van der Waals surface area contributed by atoms with Crippen LogP contribution < -0.4 is 0 Å². The van der Waals surface area contributed by atoms with Crippen LogP contribution in [0.3, 0.4) is 0 Å². The number of allylic oxidation sites excluding steroid dienone is 5. The lowest BCUT2D eigenvalue weighted by atomic mass is 9.82. The van der Waals surface area contributed by atoms with E-state index in [1.807, 2.05) is 26.0 Å². The molecule has 0 N–H and O–H groups in total. The lowest BCUT2D eigenvalue weighted by Gasteiger charge is -2.38. The minimum atomic E-state index is -2.00. The van der Waals surface area contributed by atoms with Gasteiger partial charge in [0.05, 0.1) is 25.9 Å². The minimum absolute atomic E-state index is 0.0696. The highest BCUT2D eigenvalue weighted by atomic mass is 28.4. The molecule has 0 saturated carbocycles. The van der Waals surface area contributed by atoms with E-state index < -0.39 is 14.1 Å². The van der Waals surface area contributed by atoms with E-state index in [2.05, 4.69) is 82.0 Å². The van der Waals surface area contributed by atoms with Crippen molar-refractivity contribution in [2.24, 2.45) is 11.8 Å². The van der Waals surface area contributed by atoms with Crippen LogP contribution in [0, 0.1) is 11.8 Å². The van der Waals surface area contributed by atoms with Crippen molar-refractivity contribution in [3.8, 4) is 0 Å². The van der Waals surface area contributed by atoms with Crippen LogP contribution in [0.2, 0.25) is 18.1 Å². The molecule has 1 aliphatic rings. The normalized spacial score (nSPS) is 20.6. The van der Waals surface area contributed by atoms with Gasteiger partial charge in [0.1, 0.15) is 5.78 Å². The van der Waals surface area contributed by atoms with Gasteiger partial charge in [0.15, 0.2) is 14.1 Å². The molecule has 7 heteroatoms. The second-order valence-electron chi connectivity index (χ2n) is 12.6. The van der Waals surface area contributed by atoms with Gasteiger partial charge in [-0.1, -0.05) is 76.3 Å². The molecule has 1 aliphatic heterocycles. The highest BCUT2D eigenvalue weighted by molar-refractivity contribution is 6.74. The molecule has 0 aliphatic carbocycles. The molecule has 0 amide bonds. The molecule has 0 spiro atoms. The summed E-state index contributed by atoms with van der Waals surface area (Å²) in [6.45, 7) is 19.4. The van der Waals surface area contributed by atoms with Crippen molar-refractivity contribution in [2.75, 3.05) is 13.7 Å². The van der Waals surface area contributed by atoms with Crippen LogP contribution in [0.4, 0.5) is 0 Å². The van der Waals surface area contributed by atoms with Crippen LogP contribution in [0.1, 0.15) is 87.0 Å². The van der Waals surface area contributed by atoms with E-state index in [9.17, 15) is 9.59 Å². The van der Waals surface area contributed by atoms with Crippen LogP contribution in [0.15, 0.2) is 48.6 Å². The zero-order valence-electron chi connectivity index (χ0n) is 26.8. The molecule has 1 heterocycles. The standard InChI is InChI=1S/C33H56O6Si/c1-11-12-17-20-27(39-40(9,10)32(3,4)5)23-24-29(30-25-37-33(6,7)38-30)28(26(2)34)21-18-15-13-14-16-19-22-31(35)36-8/h12,14-18,23-24,27-30H,11,13,19-22,25H2,1-10H3/b16-14-,17-12-,18-15-,24-23+/t27?,28-,29+,30-/m1/s1. The van der Waals surface area contributed by atoms with E-state index in [4.69, 9.17) is 13.9 Å². The number of esters is 1. The number of carbonyl (C=O) groups excluding carboxylic acids is 2. The Bertz CT molecular complexity index is 893. The van der Waals surface area contributed by atoms with Gasteiger partial charge in [-0.25, -0.2) is 0 Å². The Kier molecular flexibility index (Phi) is 15.6. The Morgan fingerprint density at radius 1 is 1.02 bits per heavy atom. The Morgan fingerprint density at radius 3 is 2.23 bits per heavy atom. The lowest BCUT2D eigenvalue weighted by Crippen LogP contribution is -2.43. The van der Waals surface area contributed by atoms with Crippen LogP contribution in [0.25, 0.3) is 0 Å². The summed E-state index contributed by atoms with van der Waals surface area (Å²) in [7, 11) is -0.603. The average Bonchev–Trinajstić information content (AvgIpc) is 3.22. The first-order chi connectivity index (χ1) is 18.6. The fourth-order valence-electron chi connectivity index (χ4n) is 4.32. The van der Waals surface area contributed by atoms with E-state index in [0.717, 1.165) is 19.3 Å². The zero-order valence-corrected chi connectivity index (χ0v) is 27.8. The highest BCUT2D eigenvalue weighted by Gasteiger charge is 2.41. The van der Waals surface area contributed by atoms with Gasteiger partial charge in [-0.2, -0.15) is 0 Å². The molecule has 1 fully saturated rings. The molecule has 0 aromatic carbocycles. The first-order valence-electron chi connectivity index (χ1n) is 14.8. The maximum atomic E-state index is 13.0. The quantitative estimate of drug-likeness (QED) is 0.0989. The first-order valence-corrected chi connectivity index (χ1v) is 17.7. The molecule has 1 saturated heterocycles. The van der Waals surface area contributed by atoms with Gasteiger partial charge in [0, 0.05) is 18.3 Å². The molecule has 0 aromatic heterocycles. The molecule has 228 valence electrons. The molecular formula is C33H56O6Si. The molecule has 0 aromatic rings. The predicted molar refractivity (Wildman–Crippen MR) is 167 cm³/mol. The Balaban J connectivity index is 3.13. The number of carbonyl (C=O) groups is 2. The number of Topliss-reactive ketones (excluding diaryl/α,β-unsaturated/α-hetero) is 1. The van der Waals surface area contributed by atoms with Gasteiger partial charge in [0.25, 0.3) is 0 Å². The van der Waals surface area contributed by atoms with E-state index in [0.29, 0.717) is 25.9 Å². The van der Waals surface area contributed by atoms with Gasteiger partial charge in [-0.05, 0) is 71.0 Å². The molecule has 40 heavy (non-hydrogen) atoms. The fourth-order valence-corrected chi connectivity index (χ4v) is 5.61. The SMILES string of the molecule is CC/C=C\CC(/C=C/[C@@H]([C@H](C/C=C\C/C=C\CCC(=O)OC)C(C)=O)[C@H]1COC(C)(C)O1)O[Si](C)(C)C(C)(C)C. The van der Waals surface area contributed by atoms with E-state index in [-0.39, 0.29) is 40.8 Å². The number of hydrogen-bond donors (Lipinski definition) is 0. The molecular weight excluding hydrogens is 520 g/mol. The summed E-state index contributed by atoms with van der Waals surface area (Å²) in [5, 5.41) is 0.0971. The van der Waals surface area contributed by atoms with Crippen molar-refractivity contribution in [3.63, 3.8) is 0 Å². The van der Waals surface area contributed by atoms with Crippen molar-refractivity contribution >= 4 is 20.1 Å². The lowest BCUT2D eigenvalue weighted by molar-refractivity contribution is -0.147. The van der Waals surface area contributed by atoms with Crippen molar-refractivity contribution in [1.82, 2.24) is 0 Å². The summed E-state index contributed by atoms with van der Waals surface area (Å²) in [6, 6.07) is 0. The summed E-state index contributed by atoms with van der Waals surface area (Å²) in [5.41, 5.74) is 0. The monoisotopic (exact) mass is 576 g/mol. The van der Waals surface area contributed by atoms with Gasteiger partial charge in [-0.3, -0.25) is 9.59 Å². The minimum Gasteiger partial charge on any atom is -0.469 e. The Labute approximate surface area is 245 Å². The van der Waals surface area contributed by atoms with Crippen LogP contribution in [0.5, 0.6) is 0 Å². The molecule has 0 radical (unpaired) electrons. The van der Waals surface area contributed by atoms with E-state index >= 15 is 0 Å². The molecule has 6 nitrogen and oxygen atoms in total. The second-order valence-corrected chi connectivity index (χ2v) is 17.4. The van der Waals surface area contributed by atoms with Gasteiger partial charge in [-0.15, -0.1) is 0 Å². The van der Waals surface area contributed by atoms with Crippen molar-refractivity contribution in [1.29, 1.82) is 0 Å². The molecule has 1 unspecified atom stereocenters. The zero-order chi connectivity index (χ0) is 30.4. The third-order valence-corrected chi connectivity index (χ3v) is 12.3. The maximum absolute atomic E-state index is 13.0.